The number of rotatable bonds is 2. The van der Waals surface area contributed by atoms with E-state index in [0.717, 1.165) is 31.7 Å². The van der Waals surface area contributed by atoms with Crippen LogP contribution >= 0.6 is 11.6 Å². The van der Waals surface area contributed by atoms with Gasteiger partial charge < -0.3 is 20.6 Å². The van der Waals surface area contributed by atoms with Crippen LogP contribution in [0.25, 0.3) is 0 Å². The van der Waals surface area contributed by atoms with E-state index in [2.05, 4.69) is 10.1 Å². The van der Waals surface area contributed by atoms with Crippen molar-refractivity contribution in [2.24, 2.45) is 10.9 Å². The number of halogens is 1. The molecule has 5 nitrogen and oxygen atoms in total. The molecule has 6 heteroatoms. The molecule has 1 aromatic rings. The number of morpholine rings is 1. The van der Waals surface area contributed by atoms with Crippen molar-refractivity contribution in [2.75, 3.05) is 18.1 Å². The molecule has 2 aliphatic rings. The van der Waals surface area contributed by atoms with Gasteiger partial charge in [-0.05, 0) is 31.0 Å². The summed E-state index contributed by atoms with van der Waals surface area (Å²) in [6.07, 6.45) is 5.12. The lowest BCUT2D eigenvalue weighted by atomic mass is 9.89. The minimum absolute atomic E-state index is 0.0315. The molecule has 114 valence electrons. The second-order valence-electron chi connectivity index (χ2n) is 5.60. The summed E-state index contributed by atoms with van der Waals surface area (Å²) in [6, 6.07) is 6.11. The Morgan fingerprint density at radius 1 is 1.38 bits per heavy atom. The van der Waals surface area contributed by atoms with Gasteiger partial charge in [0, 0.05) is 17.8 Å². The Kier molecular flexibility index (Phi) is 4.22. The first kappa shape index (κ1) is 14.5. The standard InChI is InChI=1S/C15H20ClN3O2/c16-12-9-10(5-6-11(12)15(17)18-20)19-7-8-21-14-4-2-1-3-13(14)19/h5-6,9,13-14,20H,1-4,7-8H2,(H2,17,18). The monoisotopic (exact) mass is 309 g/mol. The van der Waals surface area contributed by atoms with Crippen molar-refractivity contribution >= 4 is 23.1 Å². The Morgan fingerprint density at radius 2 is 2.19 bits per heavy atom. The van der Waals surface area contributed by atoms with Crippen LogP contribution < -0.4 is 10.6 Å². The van der Waals surface area contributed by atoms with E-state index in [1.807, 2.05) is 12.1 Å². The predicted molar refractivity (Wildman–Crippen MR) is 83.3 cm³/mol. The molecule has 1 aliphatic carbocycles. The normalized spacial score (nSPS) is 26.5. The fraction of sp³-hybridized carbons (Fsp3) is 0.533. The molecule has 2 atom stereocenters. The third kappa shape index (κ3) is 2.80. The van der Waals surface area contributed by atoms with E-state index in [9.17, 15) is 0 Å². The summed E-state index contributed by atoms with van der Waals surface area (Å²) in [4.78, 5) is 2.38. The zero-order chi connectivity index (χ0) is 14.8. The number of nitrogens with two attached hydrogens (primary N) is 1. The van der Waals surface area contributed by atoms with Crippen molar-refractivity contribution in [2.45, 2.75) is 37.8 Å². The van der Waals surface area contributed by atoms with Crippen LogP contribution in [0.2, 0.25) is 5.02 Å². The van der Waals surface area contributed by atoms with Crippen molar-refractivity contribution < 1.29 is 9.94 Å². The van der Waals surface area contributed by atoms with E-state index < -0.39 is 0 Å². The lowest BCUT2D eigenvalue weighted by Crippen LogP contribution is -2.52. The van der Waals surface area contributed by atoms with Crippen molar-refractivity contribution in [3.8, 4) is 0 Å². The van der Waals surface area contributed by atoms with E-state index in [0.29, 0.717) is 22.7 Å². The maximum absolute atomic E-state index is 8.76. The second kappa shape index (κ2) is 6.12. The van der Waals surface area contributed by atoms with Gasteiger partial charge in [0.15, 0.2) is 5.84 Å². The van der Waals surface area contributed by atoms with E-state index in [1.165, 1.54) is 12.8 Å². The van der Waals surface area contributed by atoms with Crippen LogP contribution in [-0.4, -0.2) is 36.3 Å². The number of hydrogen-bond donors (Lipinski definition) is 2. The van der Waals surface area contributed by atoms with Crippen molar-refractivity contribution in [3.63, 3.8) is 0 Å². The Morgan fingerprint density at radius 3 is 2.95 bits per heavy atom. The van der Waals surface area contributed by atoms with Crippen molar-refractivity contribution in [1.29, 1.82) is 0 Å². The average molecular weight is 310 g/mol. The fourth-order valence-corrected chi connectivity index (χ4v) is 3.63. The van der Waals surface area contributed by atoms with Crippen LogP contribution in [0.5, 0.6) is 0 Å². The highest BCUT2D eigenvalue weighted by molar-refractivity contribution is 6.34. The molecule has 0 spiro atoms. The van der Waals surface area contributed by atoms with E-state index in [-0.39, 0.29) is 5.84 Å². The molecule has 1 aromatic carbocycles. The molecule has 21 heavy (non-hydrogen) atoms. The highest BCUT2D eigenvalue weighted by Crippen LogP contribution is 2.33. The van der Waals surface area contributed by atoms with Crippen LogP contribution in [0.3, 0.4) is 0 Å². The van der Waals surface area contributed by atoms with Gasteiger partial charge in [-0.2, -0.15) is 0 Å². The smallest absolute Gasteiger partial charge is 0.171 e. The predicted octanol–water partition coefficient (Wildman–Crippen LogP) is 2.58. The number of anilines is 1. The third-order valence-electron chi connectivity index (χ3n) is 4.40. The maximum atomic E-state index is 8.76. The second-order valence-corrected chi connectivity index (χ2v) is 6.01. The number of ether oxygens (including phenoxy) is 1. The summed E-state index contributed by atoms with van der Waals surface area (Å²) in [5.41, 5.74) is 7.24. The van der Waals surface area contributed by atoms with Gasteiger partial charge in [0.25, 0.3) is 0 Å². The van der Waals surface area contributed by atoms with Gasteiger partial charge in [-0.15, -0.1) is 0 Å². The van der Waals surface area contributed by atoms with Crippen LogP contribution in [0, 0.1) is 0 Å². The Balaban J connectivity index is 1.87. The molecule has 1 saturated heterocycles. The van der Waals surface area contributed by atoms with Crippen LogP contribution in [0.15, 0.2) is 23.4 Å². The SMILES string of the molecule is NC(=NO)c1ccc(N2CCOC3CCCCC32)cc1Cl. The molecule has 0 bridgehead atoms. The molecule has 1 saturated carbocycles. The third-order valence-corrected chi connectivity index (χ3v) is 4.71. The van der Waals surface area contributed by atoms with Gasteiger partial charge in [0.1, 0.15) is 0 Å². The van der Waals surface area contributed by atoms with Gasteiger partial charge >= 0.3 is 0 Å². The molecule has 0 aromatic heterocycles. The average Bonchev–Trinajstić information content (AvgIpc) is 2.53. The molecular weight excluding hydrogens is 290 g/mol. The van der Waals surface area contributed by atoms with Crippen LogP contribution in [0.4, 0.5) is 5.69 Å². The zero-order valence-corrected chi connectivity index (χ0v) is 12.6. The summed E-state index contributed by atoms with van der Waals surface area (Å²) in [7, 11) is 0. The Hall–Kier alpha value is -1.46. The first-order valence-corrected chi connectivity index (χ1v) is 7.74. The van der Waals surface area contributed by atoms with E-state index in [1.54, 1.807) is 6.07 Å². The quantitative estimate of drug-likeness (QED) is 0.381. The Bertz CT molecular complexity index is 548. The number of amidine groups is 1. The molecule has 2 fully saturated rings. The first-order valence-electron chi connectivity index (χ1n) is 7.36. The molecule has 0 amide bonds. The number of oxime groups is 1. The van der Waals surface area contributed by atoms with Crippen LogP contribution in [-0.2, 0) is 4.74 Å². The topological polar surface area (TPSA) is 71.1 Å². The van der Waals surface area contributed by atoms with Gasteiger partial charge in [-0.3, -0.25) is 0 Å². The van der Waals surface area contributed by atoms with E-state index >= 15 is 0 Å². The summed E-state index contributed by atoms with van der Waals surface area (Å²) < 4.78 is 5.90. The number of fused-ring (bicyclic) bond motifs is 1. The zero-order valence-electron chi connectivity index (χ0n) is 11.8. The van der Waals surface area contributed by atoms with Crippen LogP contribution in [0.1, 0.15) is 31.2 Å². The van der Waals surface area contributed by atoms with E-state index in [4.69, 9.17) is 27.3 Å². The number of benzene rings is 1. The summed E-state index contributed by atoms with van der Waals surface area (Å²) >= 11 is 6.27. The first-order chi connectivity index (χ1) is 10.2. The molecule has 3 rings (SSSR count). The minimum atomic E-state index is 0.0315. The summed E-state index contributed by atoms with van der Waals surface area (Å²) in [5, 5.41) is 12.3. The summed E-state index contributed by atoms with van der Waals surface area (Å²) in [5.74, 6) is 0.0315. The molecule has 1 aliphatic heterocycles. The van der Waals surface area contributed by atoms with Gasteiger partial charge in [-0.25, -0.2) is 0 Å². The minimum Gasteiger partial charge on any atom is -0.409 e. The van der Waals surface area contributed by atoms with Gasteiger partial charge in [0.2, 0.25) is 0 Å². The van der Waals surface area contributed by atoms with Crippen molar-refractivity contribution in [1.82, 2.24) is 0 Å². The molecule has 2 unspecified atom stereocenters. The molecular formula is C15H20ClN3O2. The highest BCUT2D eigenvalue weighted by Gasteiger charge is 2.34. The molecule has 0 radical (unpaired) electrons. The fourth-order valence-electron chi connectivity index (χ4n) is 3.36. The largest absolute Gasteiger partial charge is 0.409 e. The maximum Gasteiger partial charge on any atom is 0.171 e. The number of nitrogens with zero attached hydrogens (tertiary/aromatic N) is 2. The Labute approximate surface area is 129 Å². The van der Waals surface area contributed by atoms with Gasteiger partial charge in [-0.1, -0.05) is 29.6 Å². The summed E-state index contributed by atoms with van der Waals surface area (Å²) in [6.45, 7) is 1.63. The highest BCUT2D eigenvalue weighted by atomic mass is 35.5. The lowest BCUT2D eigenvalue weighted by molar-refractivity contribution is -0.00867. The van der Waals surface area contributed by atoms with Crippen molar-refractivity contribution in [3.05, 3.63) is 28.8 Å². The van der Waals surface area contributed by atoms with Gasteiger partial charge in [0.05, 0.1) is 23.8 Å². The lowest BCUT2D eigenvalue weighted by Gasteiger charge is -2.45. The molecule has 3 N–H and O–H groups in total. The molecule has 1 heterocycles. The number of hydrogen-bond acceptors (Lipinski definition) is 4.